The normalized spacial score (nSPS) is 25.0. The molecule has 0 amide bonds. The third-order valence-electron chi connectivity index (χ3n) is 6.04. The Labute approximate surface area is 171 Å². The Morgan fingerprint density at radius 3 is 2.46 bits per heavy atom. The highest BCUT2D eigenvalue weighted by Crippen LogP contribution is 2.57. The number of carbonyl (C=O) groups excluding carboxylic acids is 1. The number of benzene rings is 2. The standard InChI is InChI=1S/C23H25ClN2O2/c1-15-21(27)28-23(13-12-16-6-9-18(10-7-16)25(4)5)22(2,3)19-14-17(24)8-11-20(19)26(15)23/h6-15H,1-5H3/b13-12+. The molecular weight excluding hydrogens is 372 g/mol. The molecule has 0 aliphatic carbocycles. The zero-order chi connectivity index (χ0) is 20.3. The number of hydrogen-bond acceptors (Lipinski definition) is 4. The summed E-state index contributed by atoms with van der Waals surface area (Å²) in [5.74, 6) is -0.207. The van der Waals surface area contributed by atoms with Crippen molar-refractivity contribution in [2.24, 2.45) is 0 Å². The van der Waals surface area contributed by atoms with E-state index in [0.29, 0.717) is 5.02 Å². The van der Waals surface area contributed by atoms with Crippen LogP contribution in [0.1, 0.15) is 31.9 Å². The Kier molecular flexibility index (Phi) is 4.23. The van der Waals surface area contributed by atoms with Crippen LogP contribution in [0.25, 0.3) is 6.08 Å². The molecule has 4 rings (SSSR count). The van der Waals surface area contributed by atoms with E-state index < -0.39 is 11.1 Å². The van der Waals surface area contributed by atoms with Gasteiger partial charge in [0.1, 0.15) is 6.04 Å². The van der Waals surface area contributed by atoms with Crippen molar-refractivity contribution >= 4 is 35.0 Å². The number of ether oxygens (including phenoxy) is 1. The molecule has 1 fully saturated rings. The van der Waals surface area contributed by atoms with Gasteiger partial charge in [-0.3, -0.25) is 0 Å². The first kappa shape index (κ1) is 18.9. The second kappa shape index (κ2) is 6.28. The lowest BCUT2D eigenvalue weighted by molar-refractivity contribution is -0.149. The summed E-state index contributed by atoms with van der Waals surface area (Å²) in [6.07, 6.45) is 4.06. The van der Waals surface area contributed by atoms with Crippen molar-refractivity contribution in [1.29, 1.82) is 0 Å². The van der Waals surface area contributed by atoms with Crippen molar-refractivity contribution in [3.8, 4) is 0 Å². The summed E-state index contributed by atoms with van der Waals surface area (Å²) < 4.78 is 6.06. The van der Waals surface area contributed by atoms with Crippen LogP contribution in [0.5, 0.6) is 0 Å². The van der Waals surface area contributed by atoms with Crippen LogP contribution in [-0.2, 0) is 14.9 Å². The van der Waals surface area contributed by atoms with Gasteiger partial charge in [-0.1, -0.05) is 29.8 Å². The molecule has 2 aliphatic heterocycles. The lowest BCUT2D eigenvalue weighted by Gasteiger charge is -2.39. The molecule has 28 heavy (non-hydrogen) atoms. The summed E-state index contributed by atoms with van der Waals surface area (Å²) in [7, 11) is 4.04. The first-order valence-corrected chi connectivity index (χ1v) is 9.84. The molecule has 2 unspecified atom stereocenters. The molecular formula is C23H25ClN2O2. The van der Waals surface area contributed by atoms with Gasteiger partial charge in [-0.25, -0.2) is 4.79 Å². The van der Waals surface area contributed by atoms with E-state index >= 15 is 0 Å². The molecule has 0 bridgehead atoms. The molecule has 0 saturated carbocycles. The van der Waals surface area contributed by atoms with Crippen LogP contribution in [-0.4, -0.2) is 31.8 Å². The maximum Gasteiger partial charge on any atom is 0.331 e. The van der Waals surface area contributed by atoms with E-state index in [0.717, 1.165) is 22.5 Å². The van der Waals surface area contributed by atoms with E-state index in [9.17, 15) is 4.79 Å². The zero-order valence-corrected chi connectivity index (χ0v) is 17.6. The molecule has 146 valence electrons. The van der Waals surface area contributed by atoms with Gasteiger partial charge in [-0.05, 0) is 68.3 Å². The highest BCUT2D eigenvalue weighted by molar-refractivity contribution is 6.30. The van der Waals surface area contributed by atoms with Crippen LogP contribution in [0.3, 0.4) is 0 Å². The van der Waals surface area contributed by atoms with Crippen molar-refractivity contribution in [2.75, 3.05) is 23.9 Å². The molecule has 0 N–H and O–H groups in total. The van der Waals surface area contributed by atoms with Gasteiger partial charge < -0.3 is 14.5 Å². The van der Waals surface area contributed by atoms with Crippen molar-refractivity contribution in [1.82, 2.24) is 0 Å². The molecule has 4 nitrogen and oxygen atoms in total. The summed E-state index contributed by atoms with van der Waals surface area (Å²) in [6.45, 7) is 6.10. The van der Waals surface area contributed by atoms with E-state index in [4.69, 9.17) is 16.3 Å². The molecule has 2 aromatic rings. The predicted octanol–water partition coefficient (Wildman–Crippen LogP) is 4.86. The van der Waals surface area contributed by atoms with Crippen LogP contribution >= 0.6 is 11.6 Å². The lowest BCUT2D eigenvalue weighted by Crippen LogP contribution is -2.53. The highest BCUT2D eigenvalue weighted by Gasteiger charge is 2.64. The molecule has 2 atom stereocenters. The van der Waals surface area contributed by atoms with Crippen LogP contribution in [0, 0.1) is 0 Å². The van der Waals surface area contributed by atoms with E-state index in [1.807, 2.05) is 51.4 Å². The first-order chi connectivity index (χ1) is 13.2. The Morgan fingerprint density at radius 2 is 1.82 bits per heavy atom. The second-order valence-corrected chi connectivity index (χ2v) is 8.71. The molecule has 0 aromatic heterocycles. The Bertz CT molecular complexity index is 965. The van der Waals surface area contributed by atoms with Crippen molar-refractivity contribution in [3.05, 3.63) is 64.7 Å². The topological polar surface area (TPSA) is 32.8 Å². The molecule has 2 heterocycles. The molecule has 0 spiro atoms. The van der Waals surface area contributed by atoms with Crippen LogP contribution in [0.2, 0.25) is 5.02 Å². The summed E-state index contributed by atoms with van der Waals surface area (Å²) >= 11 is 6.28. The summed E-state index contributed by atoms with van der Waals surface area (Å²) in [4.78, 5) is 16.7. The highest BCUT2D eigenvalue weighted by atomic mass is 35.5. The summed E-state index contributed by atoms with van der Waals surface area (Å²) in [5.41, 5.74) is 2.96. The number of anilines is 2. The number of nitrogens with zero attached hydrogens (tertiary/aromatic N) is 2. The third-order valence-corrected chi connectivity index (χ3v) is 6.28. The smallest absolute Gasteiger partial charge is 0.331 e. The van der Waals surface area contributed by atoms with Gasteiger partial charge in [0, 0.05) is 30.5 Å². The fraction of sp³-hybridized carbons (Fsp3) is 0.348. The third kappa shape index (κ3) is 2.55. The quantitative estimate of drug-likeness (QED) is 0.694. The van der Waals surface area contributed by atoms with Crippen LogP contribution in [0.15, 0.2) is 48.5 Å². The average molecular weight is 397 g/mol. The van der Waals surface area contributed by atoms with E-state index in [2.05, 4.69) is 47.9 Å². The molecule has 1 saturated heterocycles. The Morgan fingerprint density at radius 1 is 1.14 bits per heavy atom. The van der Waals surface area contributed by atoms with E-state index in [1.54, 1.807) is 0 Å². The van der Waals surface area contributed by atoms with Gasteiger partial charge in [-0.2, -0.15) is 0 Å². The maximum absolute atomic E-state index is 12.6. The van der Waals surface area contributed by atoms with Crippen molar-refractivity contribution < 1.29 is 9.53 Å². The summed E-state index contributed by atoms with van der Waals surface area (Å²) in [5, 5.41) is 0.686. The SMILES string of the molecule is CC1C(=O)OC2(/C=C/c3ccc(N(C)C)cc3)N1c1ccc(Cl)cc1C2(C)C. The fourth-order valence-corrected chi connectivity index (χ4v) is 4.50. The number of carbonyl (C=O) groups is 1. The van der Waals surface area contributed by atoms with Gasteiger partial charge >= 0.3 is 5.97 Å². The number of esters is 1. The van der Waals surface area contributed by atoms with E-state index in [-0.39, 0.29) is 12.0 Å². The summed E-state index contributed by atoms with van der Waals surface area (Å²) in [6, 6.07) is 13.8. The minimum atomic E-state index is -0.878. The maximum atomic E-state index is 12.6. The molecule has 2 aromatic carbocycles. The average Bonchev–Trinajstić information content (AvgIpc) is 3.01. The van der Waals surface area contributed by atoms with Gasteiger partial charge in [0.2, 0.25) is 5.72 Å². The zero-order valence-electron chi connectivity index (χ0n) is 16.9. The van der Waals surface area contributed by atoms with E-state index in [1.165, 1.54) is 0 Å². The first-order valence-electron chi connectivity index (χ1n) is 9.46. The van der Waals surface area contributed by atoms with Crippen LogP contribution < -0.4 is 9.80 Å². The van der Waals surface area contributed by atoms with Gasteiger partial charge in [0.05, 0.1) is 5.41 Å². The number of rotatable bonds is 3. The molecule has 2 aliphatic rings. The fourth-order valence-electron chi connectivity index (χ4n) is 4.32. The monoisotopic (exact) mass is 396 g/mol. The van der Waals surface area contributed by atoms with Gasteiger partial charge in [-0.15, -0.1) is 0 Å². The Balaban J connectivity index is 1.80. The minimum Gasteiger partial charge on any atom is -0.433 e. The minimum absolute atomic E-state index is 0.207. The van der Waals surface area contributed by atoms with Crippen molar-refractivity contribution in [2.45, 2.75) is 38.0 Å². The van der Waals surface area contributed by atoms with Crippen molar-refractivity contribution in [3.63, 3.8) is 0 Å². The largest absolute Gasteiger partial charge is 0.433 e. The Hall–Kier alpha value is -2.46. The lowest BCUT2D eigenvalue weighted by atomic mass is 9.77. The number of hydrogen-bond donors (Lipinski definition) is 0. The number of halogens is 1. The van der Waals surface area contributed by atoms with Gasteiger partial charge in [0.15, 0.2) is 0 Å². The molecule has 0 radical (unpaired) electrons. The second-order valence-electron chi connectivity index (χ2n) is 8.27. The molecule has 5 heteroatoms. The predicted molar refractivity (Wildman–Crippen MR) is 115 cm³/mol. The number of fused-ring (bicyclic) bond motifs is 3. The van der Waals surface area contributed by atoms with Gasteiger partial charge in [0.25, 0.3) is 0 Å². The van der Waals surface area contributed by atoms with Crippen LogP contribution in [0.4, 0.5) is 11.4 Å².